The summed E-state index contributed by atoms with van der Waals surface area (Å²) in [6.07, 6.45) is 15.3. The number of pyridine rings is 2. The van der Waals surface area contributed by atoms with Gasteiger partial charge in [0.1, 0.15) is 0 Å². The number of aromatic nitrogens is 2. The molecule has 0 amide bonds. The molecule has 0 atom stereocenters. The van der Waals surface area contributed by atoms with Crippen LogP contribution in [0.25, 0.3) is 22.4 Å². The molecule has 0 bridgehead atoms. The summed E-state index contributed by atoms with van der Waals surface area (Å²) in [5.41, 5.74) is 7.03. The monoisotopic (exact) mass is 386 g/mol. The Labute approximate surface area is 176 Å². The Morgan fingerprint density at radius 3 is 1.83 bits per heavy atom. The lowest BCUT2D eigenvalue weighted by atomic mass is 10.0. The second-order valence-electron chi connectivity index (χ2n) is 7.94. The highest BCUT2D eigenvalue weighted by Crippen LogP contribution is 2.23. The fourth-order valence-corrected chi connectivity index (χ4v) is 3.69. The molecule has 2 heteroatoms. The second-order valence-corrected chi connectivity index (χ2v) is 7.94. The standard InChI is InChI=1S/C27H34N2/c1-3-5-6-7-8-9-11-22-12-14-23(15-13-22)27-19-17-25(21-29-27)24-16-18-26(10-4-2)28-20-24/h12-21H,3-11H2,1-2H3. The van der Waals surface area contributed by atoms with Crippen LogP contribution in [0.1, 0.15) is 70.1 Å². The van der Waals surface area contributed by atoms with Gasteiger partial charge in [0.2, 0.25) is 0 Å². The van der Waals surface area contributed by atoms with E-state index >= 15 is 0 Å². The summed E-state index contributed by atoms with van der Waals surface area (Å²) < 4.78 is 0. The molecule has 1 aromatic carbocycles. The molecule has 29 heavy (non-hydrogen) atoms. The SMILES string of the molecule is CCCCCCCCc1ccc(-c2ccc(-c3ccc(CCC)nc3)cn2)cc1. The Morgan fingerprint density at radius 2 is 1.21 bits per heavy atom. The van der Waals surface area contributed by atoms with Gasteiger partial charge in [0, 0.05) is 34.8 Å². The van der Waals surface area contributed by atoms with Gasteiger partial charge in [0.05, 0.1) is 5.69 Å². The average Bonchev–Trinajstić information content (AvgIpc) is 2.78. The summed E-state index contributed by atoms with van der Waals surface area (Å²) in [7, 11) is 0. The summed E-state index contributed by atoms with van der Waals surface area (Å²) in [5.74, 6) is 0. The molecule has 0 aliphatic carbocycles. The number of hydrogen-bond acceptors (Lipinski definition) is 2. The van der Waals surface area contributed by atoms with Crippen LogP contribution in [0.15, 0.2) is 60.9 Å². The van der Waals surface area contributed by atoms with Crippen molar-refractivity contribution in [2.75, 3.05) is 0 Å². The van der Waals surface area contributed by atoms with Crippen molar-refractivity contribution < 1.29 is 0 Å². The van der Waals surface area contributed by atoms with Crippen molar-refractivity contribution in [2.45, 2.75) is 71.6 Å². The first-order chi connectivity index (χ1) is 14.3. The number of benzene rings is 1. The van der Waals surface area contributed by atoms with E-state index in [1.807, 2.05) is 12.4 Å². The Bertz CT molecular complexity index is 833. The highest BCUT2D eigenvalue weighted by molar-refractivity contribution is 5.66. The Morgan fingerprint density at radius 1 is 0.552 bits per heavy atom. The fourth-order valence-electron chi connectivity index (χ4n) is 3.69. The maximum absolute atomic E-state index is 4.69. The van der Waals surface area contributed by atoms with Crippen molar-refractivity contribution >= 4 is 0 Å². The molecule has 3 aromatic rings. The Hall–Kier alpha value is -2.48. The quantitative estimate of drug-likeness (QED) is 0.316. The molecule has 0 spiro atoms. The number of hydrogen-bond donors (Lipinski definition) is 0. The van der Waals surface area contributed by atoms with Crippen molar-refractivity contribution in [1.29, 1.82) is 0 Å². The van der Waals surface area contributed by atoms with Gasteiger partial charge in [-0.2, -0.15) is 0 Å². The van der Waals surface area contributed by atoms with Crippen molar-refractivity contribution in [3.05, 3.63) is 72.2 Å². The molecular formula is C27H34N2. The third kappa shape index (κ3) is 6.52. The van der Waals surface area contributed by atoms with Crippen molar-refractivity contribution in [1.82, 2.24) is 9.97 Å². The fraction of sp³-hybridized carbons (Fsp3) is 0.407. The van der Waals surface area contributed by atoms with E-state index in [1.165, 1.54) is 56.1 Å². The van der Waals surface area contributed by atoms with Crippen LogP contribution in [0.4, 0.5) is 0 Å². The largest absolute Gasteiger partial charge is 0.261 e. The molecule has 0 saturated heterocycles. The summed E-state index contributed by atoms with van der Waals surface area (Å²) in [5, 5.41) is 0. The van der Waals surface area contributed by atoms with Gasteiger partial charge in [-0.25, -0.2) is 0 Å². The number of nitrogens with zero attached hydrogens (tertiary/aromatic N) is 2. The number of rotatable bonds is 11. The van der Waals surface area contributed by atoms with Crippen LogP contribution < -0.4 is 0 Å². The predicted molar refractivity (Wildman–Crippen MR) is 124 cm³/mol. The summed E-state index contributed by atoms with van der Waals surface area (Å²) >= 11 is 0. The van der Waals surface area contributed by atoms with Gasteiger partial charge < -0.3 is 0 Å². The predicted octanol–water partition coefficient (Wildman–Crippen LogP) is 7.67. The van der Waals surface area contributed by atoms with Crippen LogP contribution in [-0.2, 0) is 12.8 Å². The topological polar surface area (TPSA) is 25.8 Å². The zero-order chi connectivity index (χ0) is 20.3. The van der Waals surface area contributed by atoms with Gasteiger partial charge in [-0.1, -0.05) is 88.8 Å². The maximum atomic E-state index is 4.69. The zero-order valence-electron chi connectivity index (χ0n) is 18.0. The van der Waals surface area contributed by atoms with Gasteiger partial charge in [-0.3, -0.25) is 9.97 Å². The first kappa shape index (κ1) is 21.2. The first-order valence-corrected chi connectivity index (χ1v) is 11.3. The van der Waals surface area contributed by atoms with Crippen LogP contribution in [0.5, 0.6) is 0 Å². The lowest BCUT2D eigenvalue weighted by molar-refractivity contribution is 0.607. The third-order valence-corrected chi connectivity index (χ3v) is 5.50. The van der Waals surface area contributed by atoms with E-state index < -0.39 is 0 Å². The third-order valence-electron chi connectivity index (χ3n) is 5.50. The highest BCUT2D eigenvalue weighted by atomic mass is 14.7. The summed E-state index contributed by atoms with van der Waals surface area (Å²) in [6.45, 7) is 4.45. The molecule has 0 N–H and O–H groups in total. The number of aryl methyl sites for hydroxylation is 2. The molecule has 0 aliphatic heterocycles. The number of unbranched alkanes of at least 4 members (excludes halogenated alkanes) is 5. The van der Waals surface area contributed by atoms with E-state index in [4.69, 9.17) is 0 Å². The molecular weight excluding hydrogens is 352 g/mol. The lowest BCUT2D eigenvalue weighted by Crippen LogP contribution is -1.90. The molecule has 0 fully saturated rings. The van der Waals surface area contributed by atoms with Crippen LogP contribution in [-0.4, -0.2) is 9.97 Å². The van der Waals surface area contributed by atoms with E-state index in [2.05, 4.69) is 72.3 Å². The van der Waals surface area contributed by atoms with Crippen molar-refractivity contribution in [2.24, 2.45) is 0 Å². The molecule has 2 aromatic heterocycles. The van der Waals surface area contributed by atoms with Crippen LogP contribution in [0.2, 0.25) is 0 Å². The molecule has 0 aliphatic rings. The van der Waals surface area contributed by atoms with E-state index in [0.29, 0.717) is 0 Å². The van der Waals surface area contributed by atoms with E-state index in [0.717, 1.165) is 35.4 Å². The summed E-state index contributed by atoms with van der Waals surface area (Å²) in [6, 6.07) is 17.4. The van der Waals surface area contributed by atoms with Crippen LogP contribution >= 0.6 is 0 Å². The van der Waals surface area contributed by atoms with Crippen LogP contribution in [0, 0.1) is 0 Å². The van der Waals surface area contributed by atoms with E-state index in [1.54, 1.807) is 0 Å². The molecule has 0 saturated carbocycles. The van der Waals surface area contributed by atoms with Gasteiger partial charge in [-0.05, 0) is 37.0 Å². The van der Waals surface area contributed by atoms with E-state index in [9.17, 15) is 0 Å². The van der Waals surface area contributed by atoms with Gasteiger partial charge in [-0.15, -0.1) is 0 Å². The minimum Gasteiger partial charge on any atom is -0.261 e. The van der Waals surface area contributed by atoms with Gasteiger partial charge in [0.15, 0.2) is 0 Å². The highest BCUT2D eigenvalue weighted by Gasteiger charge is 2.03. The van der Waals surface area contributed by atoms with Gasteiger partial charge in [0.25, 0.3) is 0 Å². The van der Waals surface area contributed by atoms with Gasteiger partial charge >= 0.3 is 0 Å². The molecule has 3 rings (SSSR count). The lowest BCUT2D eigenvalue weighted by Gasteiger charge is -2.06. The molecule has 152 valence electrons. The zero-order valence-corrected chi connectivity index (χ0v) is 18.0. The minimum absolute atomic E-state index is 1.02. The molecule has 0 radical (unpaired) electrons. The Kier molecular flexibility index (Phi) is 8.42. The minimum atomic E-state index is 1.02. The van der Waals surface area contributed by atoms with Crippen LogP contribution in [0.3, 0.4) is 0 Å². The average molecular weight is 387 g/mol. The van der Waals surface area contributed by atoms with Crippen molar-refractivity contribution in [3.8, 4) is 22.4 Å². The van der Waals surface area contributed by atoms with E-state index in [-0.39, 0.29) is 0 Å². The smallest absolute Gasteiger partial charge is 0.0702 e. The normalized spacial score (nSPS) is 11.0. The molecule has 2 nitrogen and oxygen atoms in total. The second kappa shape index (κ2) is 11.5. The van der Waals surface area contributed by atoms with Crippen molar-refractivity contribution in [3.63, 3.8) is 0 Å². The maximum Gasteiger partial charge on any atom is 0.0702 e. The Balaban J connectivity index is 1.55. The first-order valence-electron chi connectivity index (χ1n) is 11.3. The molecule has 0 unspecified atom stereocenters. The molecule has 2 heterocycles. The summed E-state index contributed by atoms with van der Waals surface area (Å²) in [4.78, 5) is 9.24.